The van der Waals surface area contributed by atoms with Crippen LogP contribution in [0.5, 0.6) is 0 Å². The highest BCUT2D eigenvalue weighted by Crippen LogP contribution is 2.25. The fourth-order valence-electron chi connectivity index (χ4n) is 3.34. The molecule has 2 heterocycles. The van der Waals surface area contributed by atoms with Gasteiger partial charge in [0.15, 0.2) is 5.82 Å². The third kappa shape index (κ3) is 3.69. The molecule has 1 fully saturated rings. The van der Waals surface area contributed by atoms with Crippen molar-refractivity contribution in [3.8, 4) is 11.4 Å². The maximum atomic E-state index is 4.83. The van der Waals surface area contributed by atoms with E-state index in [1.165, 1.54) is 24.0 Å². The lowest BCUT2D eigenvalue weighted by Gasteiger charge is -2.18. The number of hydrogen-bond donors (Lipinski definition) is 1. The van der Waals surface area contributed by atoms with Gasteiger partial charge in [0, 0.05) is 31.3 Å². The second-order valence-electron chi connectivity index (χ2n) is 6.78. The number of hydrogen-bond acceptors (Lipinski definition) is 4. The van der Waals surface area contributed by atoms with E-state index in [4.69, 9.17) is 9.97 Å². The van der Waals surface area contributed by atoms with E-state index in [-0.39, 0.29) is 0 Å². The fraction of sp³-hybridized carbons (Fsp3) is 0.273. The first kappa shape index (κ1) is 16.6. The second kappa shape index (κ2) is 7.56. The summed E-state index contributed by atoms with van der Waals surface area (Å²) in [4.78, 5) is 12.0. The van der Waals surface area contributed by atoms with Gasteiger partial charge in [-0.3, -0.25) is 0 Å². The molecule has 2 aromatic carbocycles. The van der Waals surface area contributed by atoms with E-state index in [0.717, 1.165) is 42.7 Å². The van der Waals surface area contributed by atoms with Crippen molar-refractivity contribution in [3.05, 3.63) is 71.8 Å². The number of nitrogens with zero attached hydrogens (tertiary/aromatic N) is 3. The van der Waals surface area contributed by atoms with E-state index in [9.17, 15) is 0 Å². The summed E-state index contributed by atoms with van der Waals surface area (Å²) in [6.07, 6.45) is 2.47. The minimum absolute atomic E-state index is 0.761. The molecule has 0 atom stereocenters. The molecule has 1 aliphatic heterocycles. The molecule has 1 aliphatic rings. The van der Waals surface area contributed by atoms with Crippen molar-refractivity contribution in [1.29, 1.82) is 0 Å². The Morgan fingerprint density at radius 3 is 2.42 bits per heavy atom. The SMILES string of the molecule is Cc1ccccc1CNc1cc(N2CCCC2)nc(-c2ccccc2)n1. The van der Waals surface area contributed by atoms with Crippen molar-refractivity contribution in [2.45, 2.75) is 26.3 Å². The van der Waals surface area contributed by atoms with Gasteiger partial charge in [0.2, 0.25) is 0 Å². The summed E-state index contributed by atoms with van der Waals surface area (Å²) in [6, 6.07) is 20.7. The minimum atomic E-state index is 0.761. The number of rotatable bonds is 5. The van der Waals surface area contributed by atoms with Crippen LogP contribution >= 0.6 is 0 Å². The summed E-state index contributed by atoms with van der Waals surface area (Å²) in [7, 11) is 0. The minimum Gasteiger partial charge on any atom is -0.366 e. The van der Waals surface area contributed by atoms with Gasteiger partial charge >= 0.3 is 0 Å². The fourth-order valence-corrected chi connectivity index (χ4v) is 3.34. The summed E-state index contributed by atoms with van der Waals surface area (Å²) >= 11 is 0. The molecule has 1 saturated heterocycles. The summed E-state index contributed by atoms with van der Waals surface area (Å²) in [5, 5.41) is 3.50. The van der Waals surface area contributed by atoms with Crippen LogP contribution in [0.1, 0.15) is 24.0 Å². The topological polar surface area (TPSA) is 41.0 Å². The van der Waals surface area contributed by atoms with Crippen LogP contribution in [0.25, 0.3) is 11.4 Å². The Bertz CT molecular complexity index is 870. The highest BCUT2D eigenvalue weighted by molar-refractivity contribution is 5.62. The molecule has 4 nitrogen and oxygen atoms in total. The molecule has 132 valence electrons. The van der Waals surface area contributed by atoms with Gasteiger partial charge < -0.3 is 10.2 Å². The average Bonchev–Trinajstić information content (AvgIpc) is 3.23. The quantitative estimate of drug-likeness (QED) is 0.730. The van der Waals surface area contributed by atoms with E-state index in [2.05, 4.69) is 59.6 Å². The lowest BCUT2D eigenvalue weighted by molar-refractivity contribution is 0.928. The lowest BCUT2D eigenvalue weighted by atomic mass is 10.1. The van der Waals surface area contributed by atoms with Gasteiger partial charge in [0.05, 0.1) is 0 Å². The molecule has 1 N–H and O–H groups in total. The Morgan fingerprint density at radius 1 is 0.923 bits per heavy atom. The zero-order valence-electron chi connectivity index (χ0n) is 15.2. The Kier molecular flexibility index (Phi) is 4.82. The number of aryl methyl sites for hydroxylation is 1. The van der Waals surface area contributed by atoms with Crippen LogP contribution in [0.15, 0.2) is 60.7 Å². The van der Waals surface area contributed by atoms with Gasteiger partial charge in [-0.1, -0.05) is 54.6 Å². The highest BCUT2D eigenvalue weighted by atomic mass is 15.2. The number of anilines is 2. The van der Waals surface area contributed by atoms with Crippen molar-refractivity contribution >= 4 is 11.6 Å². The maximum Gasteiger partial charge on any atom is 0.163 e. The summed E-state index contributed by atoms with van der Waals surface area (Å²) in [5.74, 6) is 2.68. The predicted molar refractivity (Wildman–Crippen MR) is 107 cm³/mol. The van der Waals surface area contributed by atoms with E-state index in [0.29, 0.717) is 0 Å². The number of aromatic nitrogens is 2. The molecule has 0 radical (unpaired) electrons. The molecule has 0 amide bonds. The Labute approximate surface area is 154 Å². The van der Waals surface area contributed by atoms with Crippen LogP contribution in [-0.2, 0) is 6.54 Å². The van der Waals surface area contributed by atoms with E-state index in [1.807, 2.05) is 18.2 Å². The van der Waals surface area contributed by atoms with E-state index >= 15 is 0 Å². The van der Waals surface area contributed by atoms with Crippen LogP contribution in [0.4, 0.5) is 11.6 Å². The number of benzene rings is 2. The van der Waals surface area contributed by atoms with Gasteiger partial charge in [-0.05, 0) is 30.9 Å². The first-order valence-electron chi connectivity index (χ1n) is 9.27. The zero-order valence-corrected chi connectivity index (χ0v) is 15.2. The van der Waals surface area contributed by atoms with Crippen molar-refractivity contribution in [3.63, 3.8) is 0 Å². The third-order valence-corrected chi connectivity index (χ3v) is 4.90. The standard InChI is InChI=1S/C22H24N4/c1-17-9-5-6-12-19(17)16-23-20-15-21(26-13-7-8-14-26)25-22(24-20)18-10-3-2-4-11-18/h2-6,9-12,15H,7-8,13-14,16H2,1H3,(H,23,24,25). The molecular formula is C22H24N4. The normalized spacial score (nSPS) is 13.8. The van der Waals surface area contributed by atoms with Crippen LogP contribution in [0.3, 0.4) is 0 Å². The van der Waals surface area contributed by atoms with Crippen LogP contribution in [0.2, 0.25) is 0 Å². The molecule has 4 rings (SSSR count). The molecule has 0 saturated carbocycles. The van der Waals surface area contributed by atoms with Crippen molar-refractivity contribution in [2.24, 2.45) is 0 Å². The largest absolute Gasteiger partial charge is 0.366 e. The van der Waals surface area contributed by atoms with Gasteiger partial charge in [-0.15, -0.1) is 0 Å². The van der Waals surface area contributed by atoms with Crippen molar-refractivity contribution < 1.29 is 0 Å². The van der Waals surface area contributed by atoms with E-state index < -0.39 is 0 Å². The molecule has 0 spiro atoms. The lowest BCUT2D eigenvalue weighted by Crippen LogP contribution is -2.20. The van der Waals surface area contributed by atoms with Crippen molar-refractivity contribution in [1.82, 2.24) is 9.97 Å². The Hall–Kier alpha value is -2.88. The second-order valence-corrected chi connectivity index (χ2v) is 6.78. The van der Waals surface area contributed by atoms with Gasteiger partial charge in [-0.25, -0.2) is 9.97 Å². The van der Waals surface area contributed by atoms with Crippen LogP contribution in [0, 0.1) is 6.92 Å². The molecule has 3 aromatic rings. The van der Waals surface area contributed by atoms with Gasteiger partial charge in [0.1, 0.15) is 11.6 Å². The third-order valence-electron chi connectivity index (χ3n) is 4.90. The number of nitrogens with one attached hydrogen (secondary N) is 1. The van der Waals surface area contributed by atoms with Gasteiger partial charge in [0.25, 0.3) is 0 Å². The van der Waals surface area contributed by atoms with Crippen molar-refractivity contribution in [2.75, 3.05) is 23.3 Å². The molecule has 0 aliphatic carbocycles. The maximum absolute atomic E-state index is 4.83. The van der Waals surface area contributed by atoms with Gasteiger partial charge in [-0.2, -0.15) is 0 Å². The summed E-state index contributed by atoms with van der Waals surface area (Å²) < 4.78 is 0. The molecule has 4 heteroatoms. The molecule has 0 bridgehead atoms. The highest BCUT2D eigenvalue weighted by Gasteiger charge is 2.16. The smallest absolute Gasteiger partial charge is 0.163 e. The predicted octanol–water partition coefficient (Wildman–Crippen LogP) is 4.66. The first-order valence-corrected chi connectivity index (χ1v) is 9.27. The van der Waals surface area contributed by atoms with Crippen LogP contribution in [-0.4, -0.2) is 23.1 Å². The zero-order chi connectivity index (χ0) is 17.8. The van der Waals surface area contributed by atoms with E-state index in [1.54, 1.807) is 0 Å². The molecular weight excluding hydrogens is 320 g/mol. The molecule has 26 heavy (non-hydrogen) atoms. The Balaban J connectivity index is 1.64. The van der Waals surface area contributed by atoms with Crippen LogP contribution < -0.4 is 10.2 Å². The summed E-state index contributed by atoms with van der Waals surface area (Å²) in [5.41, 5.74) is 3.62. The summed E-state index contributed by atoms with van der Waals surface area (Å²) in [6.45, 7) is 5.05. The first-order chi connectivity index (χ1) is 12.8. The monoisotopic (exact) mass is 344 g/mol. The molecule has 1 aromatic heterocycles. The Morgan fingerprint density at radius 2 is 1.65 bits per heavy atom. The molecule has 0 unspecified atom stereocenters. The average molecular weight is 344 g/mol.